The van der Waals surface area contributed by atoms with Crippen LogP contribution in [0.5, 0.6) is 0 Å². The van der Waals surface area contributed by atoms with E-state index < -0.39 is 10.0 Å². The maximum absolute atomic E-state index is 11.7. The van der Waals surface area contributed by atoms with Crippen LogP contribution in [0.2, 0.25) is 0 Å². The summed E-state index contributed by atoms with van der Waals surface area (Å²) in [5.74, 6) is 0. The molecule has 2 rings (SSSR count). The van der Waals surface area contributed by atoms with Crippen LogP contribution in [-0.2, 0) is 10.0 Å². The largest absolute Gasteiger partial charge is 0.328 e. The Hall–Kier alpha value is -1.14. The van der Waals surface area contributed by atoms with Gasteiger partial charge in [0.1, 0.15) is 0 Å². The third kappa shape index (κ3) is 2.27. The first kappa shape index (κ1) is 10.4. The number of sulfonamides is 1. The summed E-state index contributed by atoms with van der Waals surface area (Å²) in [7, 11) is -3.46. The van der Waals surface area contributed by atoms with Gasteiger partial charge in [-0.2, -0.15) is 0 Å². The van der Waals surface area contributed by atoms with Crippen molar-refractivity contribution in [2.75, 3.05) is 0 Å². The lowest BCUT2D eigenvalue weighted by Crippen LogP contribution is -2.39. The maximum atomic E-state index is 11.7. The van der Waals surface area contributed by atoms with E-state index >= 15 is 0 Å². The molecule has 0 radical (unpaired) electrons. The Labute approximate surface area is 87.6 Å². The van der Waals surface area contributed by atoms with Crippen LogP contribution >= 0.6 is 0 Å². The predicted octanol–water partition coefficient (Wildman–Crippen LogP) is 0.206. The second-order valence-electron chi connectivity index (χ2n) is 3.64. The third-order valence-corrected chi connectivity index (χ3v) is 4.01. The first-order valence-electron chi connectivity index (χ1n) is 4.79. The molecule has 0 saturated heterocycles. The number of hydrogen-bond donors (Lipinski definition) is 2. The molecule has 1 aliphatic rings. The number of aromatic nitrogens is 1. The maximum Gasteiger partial charge on any atom is 0.247 e. The zero-order valence-electron chi connectivity index (χ0n) is 8.06. The van der Waals surface area contributed by atoms with Crippen molar-refractivity contribution in [2.24, 2.45) is 0 Å². The first-order chi connectivity index (χ1) is 7.08. The number of nitrogens with one attached hydrogen (secondary N) is 2. The van der Waals surface area contributed by atoms with E-state index in [4.69, 9.17) is 0 Å². The molecular formula is C9H12N2O3S. The summed E-state index contributed by atoms with van der Waals surface area (Å²) in [6.45, 7) is 0. The second-order valence-corrected chi connectivity index (χ2v) is 5.35. The zero-order chi connectivity index (χ0) is 10.9. The molecule has 0 bridgehead atoms. The highest BCUT2D eigenvalue weighted by Crippen LogP contribution is 2.20. The molecule has 0 spiro atoms. The van der Waals surface area contributed by atoms with E-state index in [1.807, 2.05) is 0 Å². The van der Waals surface area contributed by atoms with Gasteiger partial charge in [-0.3, -0.25) is 4.79 Å². The topological polar surface area (TPSA) is 79.0 Å². The van der Waals surface area contributed by atoms with Gasteiger partial charge in [0.2, 0.25) is 15.6 Å². The van der Waals surface area contributed by atoms with Gasteiger partial charge in [-0.05, 0) is 18.9 Å². The summed E-state index contributed by atoms with van der Waals surface area (Å²) in [4.78, 5) is 13.2. The van der Waals surface area contributed by atoms with E-state index in [2.05, 4.69) is 9.71 Å². The van der Waals surface area contributed by atoms with Crippen LogP contribution < -0.4 is 10.3 Å². The number of H-pyrrole nitrogens is 1. The fraction of sp³-hybridized carbons (Fsp3) is 0.444. The Balaban J connectivity index is 2.20. The van der Waals surface area contributed by atoms with Crippen LogP contribution in [0.15, 0.2) is 28.0 Å². The van der Waals surface area contributed by atoms with Gasteiger partial charge < -0.3 is 4.98 Å². The Kier molecular flexibility index (Phi) is 2.62. The highest BCUT2D eigenvalue weighted by Gasteiger charge is 2.24. The van der Waals surface area contributed by atoms with Gasteiger partial charge in [0.05, 0.1) is 4.90 Å². The minimum Gasteiger partial charge on any atom is -0.328 e. The molecule has 1 aromatic heterocycles. The van der Waals surface area contributed by atoms with Gasteiger partial charge in [0.15, 0.2) is 0 Å². The summed E-state index contributed by atoms with van der Waals surface area (Å²) in [6.07, 6.45) is 4.06. The molecule has 82 valence electrons. The molecule has 0 aromatic carbocycles. The monoisotopic (exact) mass is 228 g/mol. The lowest BCUT2D eigenvalue weighted by atomic mass is 9.94. The van der Waals surface area contributed by atoms with Crippen molar-refractivity contribution in [3.05, 3.63) is 28.7 Å². The summed E-state index contributed by atoms with van der Waals surface area (Å²) in [5, 5.41) is 0. The SMILES string of the molecule is O=c1ccc(S(=O)(=O)NC2CCC2)c[nH]1. The van der Waals surface area contributed by atoms with Crippen LogP contribution in [0.3, 0.4) is 0 Å². The van der Waals surface area contributed by atoms with E-state index in [1.165, 1.54) is 18.3 Å². The van der Waals surface area contributed by atoms with Gasteiger partial charge in [-0.25, -0.2) is 13.1 Å². The quantitative estimate of drug-likeness (QED) is 0.776. The Morgan fingerprint density at radius 3 is 2.53 bits per heavy atom. The number of pyridine rings is 1. The molecular weight excluding hydrogens is 216 g/mol. The Morgan fingerprint density at radius 2 is 2.07 bits per heavy atom. The summed E-state index contributed by atoms with van der Waals surface area (Å²) < 4.78 is 26.0. The molecule has 2 N–H and O–H groups in total. The summed E-state index contributed by atoms with van der Waals surface area (Å²) in [6, 6.07) is 2.57. The predicted molar refractivity (Wildman–Crippen MR) is 55.0 cm³/mol. The van der Waals surface area contributed by atoms with Crippen molar-refractivity contribution in [3.63, 3.8) is 0 Å². The van der Waals surface area contributed by atoms with Crippen molar-refractivity contribution >= 4 is 10.0 Å². The minimum absolute atomic E-state index is 0.0573. The molecule has 1 heterocycles. The Bertz CT molecular complexity index is 482. The molecule has 1 aliphatic carbocycles. The van der Waals surface area contributed by atoms with Crippen molar-refractivity contribution in [1.82, 2.24) is 9.71 Å². The first-order valence-corrected chi connectivity index (χ1v) is 6.27. The van der Waals surface area contributed by atoms with Crippen molar-refractivity contribution in [1.29, 1.82) is 0 Å². The zero-order valence-corrected chi connectivity index (χ0v) is 8.88. The molecule has 0 amide bonds. The van der Waals surface area contributed by atoms with Crippen molar-refractivity contribution < 1.29 is 8.42 Å². The van der Waals surface area contributed by atoms with E-state index in [0.29, 0.717) is 0 Å². The van der Waals surface area contributed by atoms with Gasteiger partial charge in [0, 0.05) is 18.3 Å². The van der Waals surface area contributed by atoms with E-state index in [1.54, 1.807) is 0 Å². The number of hydrogen-bond acceptors (Lipinski definition) is 3. The highest BCUT2D eigenvalue weighted by molar-refractivity contribution is 7.89. The fourth-order valence-electron chi connectivity index (χ4n) is 1.38. The van der Waals surface area contributed by atoms with Crippen LogP contribution in [-0.4, -0.2) is 19.4 Å². The lowest BCUT2D eigenvalue weighted by molar-refractivity contribution is 0.383. The average Bonchev–Trinajstić information content (AvgIpc) is 2.13. The van der Waals surface area contributed by atoms with Crippen LogP contribution in [0, 0.1) is 0 Å². The van der Waals surface area contributed by atoms with Crippen LogP contribution in [0.1, 0.15) is 19.3 Å². The normalized spacial score (nSPS) is 17.3. The van der Waals surface area contributed by atoms with Gasteiger partial charge in [-0.15, -0.1) is 0 Å². The second kappa shape index (κ2) is 3.79. The molecule has 0 atom stereocenters. The van der Waals surface area contributed by atoms with E-state index in [-0.39, 0.29) is 16.5 Å². The van der Waals surface area contributed by atoms with Crippen molar-refractivity contribution in [3.8, 4) is 0 Å². The average molecular weight is 228 g/mol. The third-order valence-electron chi connectivity index (χ3n) is 2.49. The molecule has 1 aromatic rings. The standard InChI is InChI=1S/C9H12N2O3S/c12-9-5-4-8(6-10-9)15(13,14)11-7-2-1-3-7/h4-7,11H,1-3H2,(H,10,12). The molecule has 15 heavy (non-hydrogen) atoms. The summed E-state index contributed by atoms with van der Waals surface area (Å²) in [5.41, 5.74) is -0.308. The Morgan fingerprint density at radius 1 is 1.33 bits per heavy atom. The molecule has 6 heteroatoms. The molecule has 0 unspecified atom stereocenters. The van der Waals surface area contributed by atoms with E-state index in [0.717, 1.165) is 19.3 Å². The van der Waals surface area contributed by atoms with E-state index in [9.17, 15) is 13.2 Å². The molecule has 0 aliphatic heterocycles. The minimum atomic E-state index is -3.46. The van der Waals surface area contributed by atoms with Crippen LogP contribution in [0.25, 0.3) is 0 Å². The van der Waals surface area contributed by atoms with Gasteiger partial charge >= 0.3 is 0 Å². The van der Waals surface area contributed by atoms with Crippen LogP contribution in [0.4, 0.5) is 0 Å². The lowest BCUT2D eigenvalue weighted by Gasteiger charge is -2.25. The summed E-state index contributed by atoms with van der Waals surface area (Å²) >= 11 is 0. The number of aromatic amines is 1. The van der Waals surface area contributed by atoms with Gasteiger partial charge in [-0.1, -0.05) is 6.42 Å². The smallest absolute Gasteiger partial charge is 0.247 e. The molecule has 1 saturated carbocycles. The van der Waals surface area contributed by atoms with Gasteiger partial charge in [0.25, 0.3) is 0 Å². The molecule has 5 nitrogen and oxygen atoms in total. The van der Waals surface area contributed by atoms with Crippen molar-refractivity contribution in [2.45, 2.75) is 30.2 Å². The molecule has 1 fully saturated rings. The highest BCUT2D eigenvalue weighted by atomic mass is 32.2. The fourth-order valence-corrected chi connectivity index (χ4v) is 2.65. The number of rotatable bonds is 3.